The van der Waals surface area contributed by atoms with Gasteiger partial charge in [0.25, 0.3) is 0 Å². The molecular formula is C11H15N7S2. The Kier molecular flexibility index (Phi) is 7.36. The van der Waals surface area contributed by atoms with Gasteiger partial charge in [-0.15, -0.1) is 40.6 Å². The van der Waals surface area contributed by atoms with E-state index in [-0.39, 0.29) is 0 Å². The summed E-state index contributed by atoms with van der Waals surface area (Å²) in [7, 11) is 3.39. The highest BCUT2D eigenvalue weighted by Crippen LogP contribution is 1.99. The number of thiol groups is 2. The molecule has 7 nitrogen and oxygen atoms in total. The molecule has 2 N–H and O–H groups in total. The molecule has 9 heteroatoms. The zero-order chi connectivity index (χ0) is 14.8. The molecule has 0 aliphatic carbocycles. The summed E-state index contributed by atoms with van der Waals surface area (Å²) in [6, 6.07) is 3.64. The van der Waals surface area contributed by atoms with Crippen LogP contribution in [0.2, 0.25) is 0 Å². The van der Waals surface area contributed by atoms with E-state index in [2.05, 4.69) is 61.3 Å². The molecular weight excluding hydrogens is 294 g/mol. The summed E-state index contributed by atoms with van der Waals surface area (Å²) in [5.41, 5.74) is 1.26. The van der Waals surface area contributed by atoms with Gasteiger partial charge in [-0.05, 0) is 12.1 Å². The molecule has 0 atom stereocenters. The van der Waals surface area contributed by atoms with E-state index in [1.807, 2.05) is 6.07 Å². The Labute approximate surface area is 128 Å². The van der Waals surface area contributed by atoms with Crippen LogP contribution in [0.4, 0.5) is 0 Å². The lowest BCUT2D eigenvalue weighted by Gasteiger charge is -1.98. The third kappa shape index (κ3) is 5.85. The van der Waals surface area contributed by atoms with Gasteiger partial charge in [-0.2, -0.15) is 5.10 Å². The lowest BCUT2D eigenvalue weighted by Crippen LogP contribution is -2.11. The van der Waals surface area contributed by atoms with E-state index >= 15 is 0 Å². The molecule has 1 heterocycles. The van der Waals surface area contributed by atoms with Crippen molar-refractivity contribution in [2.45, 2.75) is 0 Å². The molecule has 0 amide bonds. The molecule has 0 bridgehead atoms. The van der Waals surface area contributed by atoms with Gasteiger partial charge in [-0.3, -0.25) is 4.98 Å². The Balaban J connectivity index is 3.03. The maximum atomic E-state index is 4.08. The van der Waals surface area contributed by atoms with Crippen LogP contribution in [0.3, 0.4) is 0 Å². The fourth-order valence-corrected chi connectivity index (χ4v) is 1.11. The Morgan fingerprint density at radius 3 is 2.45 bits per heavy atom. The average molecular weight is 309 g/mol. The topological polar surface area (TPSA) is 86.4 Å². The van der Waals surface area contributed by atoms with Gasteiger partial charge < -0.3 is 10.6 Å². The van der Waals surface area contributed by atoms with Crippen LogP contribution < -0.4 is 10.6 Å². The Hall–Kier alpha value is -1.87. The fourth-order valence-electron chi connectivity index (χ4n) is 1.01. The summed E-state index contributed by atoms with van der Waals surface area (Å²) in [6.07, 6.45) is 4.79. The van der Waals surface area contributed by atoms with E-state index < -0.39 is 0 Å². The third-order valence-electron chi connectivity index (χ3n) is 1.99. The SMILES string of the molecule is CN/C(S)=N/N=C/C(=N/N=C(\S)NC)c1cccnc1. The molecule has 0 aromatic carbocycles. The number of hydrogen-bond acceptors (Lipinski definition) is 5. The summed E-state index contributed by atoms with van der Waals surface area (Å²) in [5.74, 6) is 0. The minimum atomic E-state index is 0.383. The summed E-state index contributed by atoms with van der Waals surface area (Å²) < 4.78 is 0. The molecule has 106 valence electrons. The van der Waals surface area contributed by atoms with Crippen molar-refractivity contribution in [3.05, 3.63) is 30.1 Å². The number of rotatable bonds is 4. The minimum Gasteiger partial charge on any atom is -0.366 e. The standard InChI is InChI=1S/C11H15N7S2/c1-12-10(19)17-15-7-9(16-18-11(20)13-2)8-4-3-5-14-6-8/h3-7H,1-2H3,(H2,12,17,19)(H2,13,18,20)/b15-7+,16-9-. The van der Waals surface area contributed by atoms with Crippen LogP contribution in [0, 0.1) is 0 Å². The van der Waals surface area contributed by atoms with Gasteiger partial charge in [0.05, 0.1) is 6.21 Å². The highest BCUT2D eigenvalue weighted by Gasteiger charge is 2.00. The molecule has 0 saturated heterocycles. The van der Waals surface area contributed by atoms with Crippen molar-refractivity contribution in [3.8, 4) is 0 Å². The monoisotopic (exact) mass is 309 g/mol. The maximum Gasteiger partial charge on any atom is 0.179 e. The van der Waals surface area contributed by atoms with Crippen LogP contribution in [0.5, 0.6) is 0 Å². The second-order valence-corrected chi connectivity index (χ2v) is 4.17. The summed E-state index contributed by atoms with van der Waals surface area (Å²) in [5, 5.41) is 21.9. The van der Waals surface area contributed by atoms with Gasteiger partial charge in [0.15, 0.2) is 10.3 Å². The first-order valence-corrected chi connectivity index (χ1v) is 6.47. The van der Waals surface area contributed by atoms with Crippen LogP contribution in [0.25, 0.3) is 0 Å². The summed E-state index contributed by atoms with van der Waals surface area (Å²) in [6.45, 7) is 0. The number of amidine groups is 2. The van der Waals surface area contributed by atoms with E-state index in [0.717, 1.165) is 5.56 Å². The minimum absolute atomic E-state index is 0.383. The first-order valence-electron chi connectivity index (χ1n) is 5.58. The normalized spacial score (nSPS) is 13.7. The molecule has 20 heavy (non-hydrogen) atoms. The number of aromatic nitrogens is 1. The van der Waals surface area contributed by atoms with Crippen LogP contribution in [-0.4, -0.2) is 41.3 Å². The Bertz CT molecular complexity index is 537. The van der Waals surface area contributed by atoms with Gasteiger partial charge in [0.1, 0.15) is 5.71 Å². The van der Waals surface area contributed by atoms with E-state index in [1.165, 1.54) is 6.21 Å². The lowest BCUT2D eigenvalue weighted by atomic mass is 10.2. The zero-order valence-electron chi connectivity index (χ0n) is 11.0. The largest absolute Gasteiger partial charge is 0.366 e. The van der Waals surface area contributed by atoms with E-state index in [9.17, 15) is 0 Å². The van der Waals surface area contributed by atoms with Crippen molar-refractivity contribution < 1.29 is 0 Å². The molecule has 0 aliphatic heterocycles. The van der Waals surface area contributed by atoms with Crippen molar-refractivity contribution in [1.29, 1.82) is 0 Å². The Morgan fingerprint density at radius 2 is 1.85 bits per heavy atom. The molecule has 0 spiro atoms. The third-order valence-corrected chi connectivity index (χ3v) is 2.62. The van der Waals surface area contributed by atoms with Crippen LogP contribution in [0.1, 0.15) is 5.56 Å². The highest BCUT2D eigenvalue weighted by atomic mass is 32.1. The molecule has 0 fully saturated rings. The van der Waals surface area contributed by atoms with E-state index in [1.54, 1.807) is 32.6 Å². The molecule has 0 aliphatic rings. The van der Waals surface area contributed by atoms with Gasteiger partial charge in [-0.25, -0.2) is 0 Å². The van der Waals surface area contributed by atoms with Crippen molar-refractivity contribution in [3.63, 3.8) is 0 Å². The quantitative estimate of drug-likeness (QED) is 0.287. The van der Waals surface area contributed by atoms with Crippen LogP contribution >= 0.6 is 25.3 Å². The summed E-state index contributed by atoms with van der Waals surface area (Å²) in [4.78, 5) is 4.02. The van der Waals surface area contributed by atoms with E-state index in [4.69, 9.17) is 0 Å². The van der Waals surface area contributed by atoms with Crippen molar-refractivity contribution >= 4 is 47.5 Å². The second-order valence-electron chi connectivity index (χ2n) is 3.32. The second kappa shape index (κ2) is 9.10. The van der Waals surface area contributed by atoms with Gasteiger partial charge in [-0.1, -0.05) is 0 Å². The van der Waals surface area contributed by atoms with Crippen LogP contribution in [-0.2, 0) is 0 Å². The average Bonchev–Trinajstić information content (AvgIpc) is 2.50. The fraction of sp³-hybridized carbons (Fsp3) is 0.182. The zero-order valence-corrected chi connectivity index (χ0v) is 12.8. The first kappa shape index (κ1) is 16.2. The van der Waals surface area contributed by atoms with Crippen LogP contribution in [0.15, 0.2) is 44.9 Å². The van der Waals surface area contributed by atoms with Gasteiger partial charge >= 0.3 is 0 Å². The Morgan fingerprint density at radius 1 is 1.15 bits per heavy atom. The molecule has 0 saturated carbocycles. The van der Waals surface area contributed by atoms with Gasteiger partial charge in [0, 0.05) is 32.1 Å². The number of nitrogens with zero attached hydrogens (tertiary/aromatic N) is 5. The maximum absolute atomic E-state index is 4.08. The van der Waals surface area contributed by atoms with Crippen molar-refractivity contribution in [1.82, 2.24) is 15.6 Å². The molecule has 0 radical (unpaired) electrons. The number of pyridine rings is 1. The van der Waals surface area contributed by atoms with Crippen molar-refractivity contribution in [2.75, 3.05) is 14.1 Å². The van der Waals surface area contributed by atoms with Gasteiger partial charge in [0.2, 0.25) is 0 Å². The van der Waals surface area contributed by atoms with E-state index in [0.29, 0.717) is 16.0 Å². The predicted octanol–water partition coefficient (Wildman–Crippen LogP) is 0.782. The first-order chi connectivity index (χ1) is 9.67. The molecule has 1 aromatic rings. The highest BCUT2D eigenvalue weighted by molar-refractivity contribution is 7.97. The number of hydrogen-bond donors (Lipinski definition) is 4. The molecule has 1 rings (SSSR count). The molecule has 0 unspecified atom stereocenters. The number of nitrogens with one attached hydrogen (secondary N) is 2. The lowest BCUT2D eigenvalue weighted by molar-refractivity contribution is 1.14. The predicted molar refractivity (Wildman–Crippen MR) is 90.2 cm³/mol. The summed E-state index contributed by atoms with van der Waals surface area (Å²) >= 11 is 8.12. The molecule has 1 aromatic heterocycles. The van der Waals surface area contributed by atoms with Crippen molar-refractivity contribution in [2.24, 2.45) is 20.4 Å². The smallest absolute Gasteiger partial charge is 0.179 e.